The third kappa shape index (κ3) is 3.18. The lowest BCUT2D eigenvalue weighted by Gasteiger charge is -2.42. The molecule has 3 rings (SSSR count). The summed E-state index contributed by atoms with van der Waals surface area (Å²) in [6, 6.07) is 12.1. The number of hydrogen-bond donors (Lipinski definition) is 3. The molecular weight excluding hydrogens is 302 g/mol. The molecule has 1 aromatic carbocycles. The molecule has 0 bridgehead atoms. The Balaban J connectivity index is 1.68. The van der Waals surface area contributed by atoms with E-state index in [2.05, 4.69) is 50.4 Å². The summed E-state index contributed by atoms with van der Waals surface area (Å²) >= 11 is 0. The zero-order valence-corrected chi connectivity index (χ0v) is 14.1. The summed E-state index contributed by atoms with van der Waals surface area (Å²) in [5.41, 5.74) is 2.96. The Morgan fingerprint density at radius 3 is 2.33 bits per heavy atom. The van der Waals surface area contributed by atoms with Crippen molar-refractivity contribution in [3.05, 3.63) is 47.7 Å². The van der Waals surface area contributed by atoms with Crippen LogP contribution in [0, 0.1) is 0 Å². The number of nitrogens with one attached hydrogen (secondary N) is 3. The average molecular weight is 325 g/mol. The van der Waals surface area contributed by atoms with Crippen molar-refractivity contribution in [2.24, 2.45) is 0 Å². The first-order chi connectivity index (χ1) is 11.7. The molecule has 1 heterocycles. The fourth-order valence-electron chi connectivity index (χ4n) is 3.10. The number of hydrogen-bond acceptors (Lipinski definition) is 5. The maximum absolute atomic E-state index is 11.5. The van der Waals surface area contributed by atoms with Crippen molar-refractivity contribution in [2.75, 3.05) is 31.3 Å². The molecule has 1 amide bonds. The largest absolute Gasteiger partial charge is 0.388 e. The highest BCUT2D eigenvalue weighted by Gasteiger charge is 2.38. The number of nitrogens with zero attached hydrogens (tertiary/aromatic N) is 2. The molecule has 0 saturated heterocycles. The molecule has 6 heteroatoms. The van der Waals surface area contributed by atoms with Crippen molar-refractivity contribution in [1.29, 1.82) is 0 Å². The van der Waals surface area contributed by atoms with Crippen LogP contribution in [0.1, 0.15) is 35.3 Å². The Morgan fingerprint density at radius 2 is 1.83 bits per heavy atom. The van der Waals surface area contributed by atoms with Gasteiger partial charge in [0, 0.05) is 31.7 Å². The van der Waals surface area contributed by atoms with Crippen LogP contribution in [-0.4, -0.2) is 36.7 Å². The van der Waals surface area contributed by atoms with Crippen molar-refractivity contribution < 1.29 is 4.79 Å². The monoisotopic (exact) mass is 325 g/mol. The first kappa shape index (κ1) is 16.2. The van der Waals surface area contributed by atoms with Gasteiger partial charge < -0.3 is 16.0 Å². The van der Waals surface area contributed by atoms with E-state index in [-0.39, 0.29) is 11.3 Å². The molecule has 1 aliphatic carbocycles. The van der Waals surface area contributed by atoms with Crippen molar-refractivity contribution in [1.82, 2.24) is 15.5 Å². The van der Waals surface area contributed by atoms with E-state index >= 15 is 0 Å². The molecule has 1 saturated carbocycles. The maximum atomic E-state index is 11.5. The number of carbonyl (C=O) groups is 1. The van der Waals surface area contributed by atoms with Crippen LogP contribution in [0.5, 0.6) is 0 Å². The second kappa shape index (κ2) is 6.86. The molecule has 0 radical (unpaired) electrons. The number of amides is 1. The minimum atomic E-state index is -0.228. The van der Waals surface area contributed by atoms with Gasteiger partial charge in [-0.2, -0.15) is 0 Å². The molecule has 0 unspecified atom stereocenters. The molecule has 1 aromatic heterocycles. The number of aromatic nitrogens is 2. The summed E-state index contributed by atoms with van der Waals surface area (Å²) < 4.78 is 0. The normalized spacial score (nSPS) is 15.2. The van der Waals surface area contributed by atoms with E-state index in [4.69, 9.17) is 0 Å². The Bertz CT molecular complexity index is 692. The molecule has 0 aliphatic heterocycles. The van der Waals surface area contributed by atoms with E-state index < -0.39 is 0 Å². The quantitative estimate of drug-likeness (QED) is 0.760. The van der Waals surface area contributed by atoms with Crippen molar-refractivity contribution in [3.8, 4) is 0 Å². The van der Waals surface area contributed by atoms with Crippen LogP contribution in [0.15, 0.2) is 36.4 Å². The molecular formula is C18H23N5O. The Morgan fingerprint density at radius 1 is 1.08 bits per heavy atom. The zero-order chi connectivity index (χ0) is 17.0. The molecule has 0 spiro atoms. The van der Waals surface area contributed by atoms with Gasteiger partial charge in [0.15, 0.2) is 5.69 Å². The fourth-order valence-corrected chi connectivity index (χ4v) is 3.10. The van der Waals surface area contributed by atoms with Crippen LogP contribution in [0.2, 0.25) is 0 Å². The van der Waals surface area contributed by atoms with Crippen molar-refractivity contribution in [2.45, 2.75) is 24.7 Å². The van der Waals surface area contributed by atoms with Crippen LogP contribution >= 0.6 is 0 Å². The van der Waals surface area contributed by atoms with Gasteiger partial charge in [-0.05, 0) is 42.7 Å². The van der Waals surface area contributed by atoms with E-state index in [1.807, 2.05) is 7.05 Å². The molecule has 2 aromatic rings. The molecule has 3 N–H and O–H groups in total. The number of carbonyl (C=O) groups excluding carboxylic acids is 1. The van der Waals surface area contributed by atoms with Crippen molar-refractivity contribution >= 4 is 17.4 Å². The Kier molecular flexibility index (Phi) is 4.64. The maximum Gasteiger partial charge on any atom is 0.271 e. The van der Waals surface area contributed by atoms with Gasteiger partial charge in [-0.1, -0.05) is 18.6 Å². The molecule has 1 aliphatic rings. The van der Waals surface area contributed by atoms with Gasteiger partial charge in [-0.25, -0.2) is 0 Å². The molecule has 0 atom stereocenters. The van der Waals surface area contributed by atoms with Gasteiger partial charge in [0.2, 0.25) is 0 Å². The van der Waals surface area contributed by atoms with E-state index in [9.17, 15) is 4.79 Å². The number of benzene rings is 1. The van der Waals surface area contributed by atoms with E-state index in [1.165, 1.54) is 24.8 Å². The highest BCUT2D eigenvalue weighted by molar-refractivity contribution is 5.91. The first-order valence-corrected chi connectivity index (χ1v) is 8.25. The molecule has 24 heavy (non-hydrogen) atoms. The molecule has 126 valence electrons. The van der Waals surface area contributed by atoms with Crippen LogP contribution < -0.4 is 16.0 Å². The summed E-state index contributed by atoms with van der Waals surface area (Å²) in [6.45, 7) is 0.819. The first-order valence-electron chi connectivity index (χ1n) is 8.25. The topological polar surface area (TPSA) is 78.9 Å². The summed E-state index contributed by atoms with van der Waals surface area (Å²) in [4.78, 5) is 11.5. The smallest absolute Gasteiger partial charge is 0.271 e. The number of rotatable bonds is 6. The van der Waals surface area contributed by atoms with E-state index in [0.29, 0.717) is 11.5 Å². The van der Waals surface area contributed by atoms with Crippen LogP contribution in [0.3, 0.4) is 0 Å². The zero-order valence-electron chi connectivity index (χ0n) is 14.1. The van der Waals surface area contributed by atoms with Crippen molar-refractivity contribution in [3.63, 3.8) is 0 Å². The highest BCUT2D eigenvalue weighted by Crippen LogP contribution is 2.44. The van der Waals surface area contributed by atoms with E-state index in [0.717, 1.165) is 12.2 Å². The average Bonchev–Trinajstić information content (AvgIpc) is 2.61. The van der Waals surface area contributed by atoms with Crippen LogP contribution in [0.25, 0.3) is 0 Å². The second-order valence-electron chi connectivity index (χ2n) is 6.20. The third-order valence-electron chi connectivity index (χ3n) is 4.83. The molecule has 1 fully saturated rings. The van der Waals surface area contributed by atoms with E-state index in [1.54, 1.807) is 19.2 Å². The van der Waals surface area contributed by atoms with Gasteiger partial charge in [0.05, 0.1) is 0 Å². The molecule has 6 nitrogen and oxygen atoms in total. The van der Waals surface area contributed by atoms with Gasteiger partial charge in [0.25, 0.3) is 5.91 Å². The minimum absolute atomic E-state index is 0.160. The lowest BCUT2D eigenvalue weighted by Crippen LogP contribution is -2.41. The minimum Gasteiger partial charge on any atom is -0.388 e. The fraction of sp³-hybridized carbons (Fsp3) is 0.389. The predicted octanol–water partition coefficient (Wildman–Crippen LogP) is 2.41. The highest BCUT2D eigenvalue weighted by atomic mass is 16.1. The number of anilines is 2. The SMILES string of the molecule is CNC(=O)c1ccc(NCC2(c3ccc(NC)cc3)CCC2)nn1. The summed E-state index contributed by atoms with van der Waals surface area (Å²) in [5, 5.41) is 17.1. The Hall–Kier alpha value is -2.63. The lowest BCUT2D eigenvalue weighted by atomic mass is 9.64. The third-order valence-corrected chi connectivity index (χ3v) is 4.83. The van der Waals surface area contributed by atoms with Gasteiger partial charge in [-0.3, -0.25) is 4.79 Å². The van der Waals surface area contributed by atoms with Gasteiger partial charge >= 0.3 is 0 Å². The summed E-state index contributed by atoms with van der Waals surface area (Å²) in [5.74, 6) is 0.468. The van der Waals surface area contributed by atoms with Gasteiger partial charge in [-0.15, -0.1) is 10.2 Å². The lowest BCUT2D eigenvalue weighted by molar-refractivity contribution is 0.0957. The standard InChI is InChI=1S/C18H23N5O/c1-19-14-6-4-13(5-7-14)18(10-3-11-18)12-21-16-9-8-15(22-23-16)17(24)20-2/h4-9,19H,3,10-12H2,1-2H3,(H,20,24)(H,21,23). The summed E-state index contributed by atoms with van der Waals surface area (Å²) in [7, 11) is 3.51. The van der Waals surface area contributed by atoms with Crippen LogP contribution in [-0.2, 0) is 5.41 Å². The van der Waals surface area contributed by atoms with Crippen LogP contribution in [0.4, 0.5) is 11.5 Å². The Labute approximate surface area is 142 Å². The predicted molar refractivity (Wildman–Crippen MR) is 95.4 cm³/mol. The summed E-state index contributed by atoms with van der Waals surface area (Å²) in [6.07, 6.45) is 3.59. The van der Waals surface area contributed by atoms with Gasteiger partial charge in [0.1, 0.15) is 5.82 Å². The second-order valence-corrected chi connectivity index (χ2v) is 6.20.